The van der Waals surface area contributed by atoms with Gasteiger partial charge in [0.05, 0.1) is 24.7 Å². The van der Waals surface area contributed by atoms with Crippen molar-refractivity contribution in [1.29, 1.82) is 0 Å². The number of furan rings is 1. The van der Waals surface area contributed by atoms with E-state index in [2.05, 4.69) is 10.3 Å². The number of rotatable bonds is 5. The summed E-state index contributed by atoms with van der Waals surface area (Å²) in [4.78, 5) is 17.8. The summed E-state index contributed by atoms with van der Waals surface area (Å²) in [5.74, 6) is 1.33. The van der Waals surface area contributed by atoms with Gasteiger partial charge in [-0.3, -0.25) is 9.78 Å². The Hall–Kier alpha value is -3.38. The van der Waals surface area contributed by atoms with Crippen LogP contribution in [0.4, 0.5) is 0 Å². The fourth-order valence-corrected chi connectivity index (χ4v) is 4.14. The molecule has 4 aromatic rings. The maximum Gasteiger partial charge on any atom is 0.252 e. The average molecular weight is 401 g/mol. The largest absolute Gasteiger partial charge is 0.497 e. The van der Waals surface area contributed by atoms with E-state index < -0.39 is 5.54 Å². The normalized spacial score (nSPS) is 14.8. The molecule has 0 unspecified atom stereocenters. The summed E-state index contributed by atoms with van der Waals surface area (Å²) in [5, 5.41) is 5.26. The quantitative estimate of drug-likeness (QED) is 0.524. The Labute approximate surface area is 174 Å². The van der Waals surface area contributed by atoms with Crippen LogP contribution in [0.15, 0.2) is 53.1 Å². The predicted octanol–water partition coefficient (Wildman–Crippen LogP) is 4.18. The number of amides is 1. The minimum atomic E-state index is -0.417. The maximum absolute atomic E-state index is 13.3. The number of carbonyl (C=O) groups excluding carboxylic acids is 1. The van der Waals surface area contributed by atoms with E-state index in [9.17, 15) is 4.79 Å². The first kappa shape index (κ1) is 18.6. The number of methoxy groups -OCH3 is 1. The SMILES string of the molecule is COc1cc(C2(NC(=O)c3cc4oc(CN)cc4cc3C)CC2)c2cccnc2c1. The lowest BCUT2D eigenvalue weighted by molar-refractivity contribution is 0.0930. The highest BCUT2D eigenvalue weighted by Gasteiger charge is 2.47. The van der Waals surface area contributed by atoms with E-state index in [1.807, 2.05) is 43.3 Å². The standard InChI is InChI=1S/C24H23N3O3/c1-14-8-15-9-17(13-25)30-22(15)12-19(14)23(28)27-24(5-6-24)20-10-16(29-2)11-21-18(20)4-3-7-26-21/h3-4,7-12H,5-6,13,25H2,1-2H3,(H,27,28). The second-order valence-corrected chi connectivity index (χ2v) is 7.90. The van der Waals surface area contributed by atoms with Crippen LogP contribution in [0.25, 0.3) is 21.9 Å². The molecule has 2 aromatic carbocycles. The van der Waals surface area contributed by atoms with E-state index in [0.717, 1.165) is 46.0 Å². The summed E-state index contributed by atoms with van der Waals surface area (Å²) >= 11 is 0. The lowest BCUT2D eigenvalue weighted by atomic mass is 9.97. The molecule has 30 heavy (non-hydrogen) atoms. The molecule has 0 atom stereocenters. The molecule has 0 saturated heterocycles. The molecule has 0 spiro atoms. The highest BCUT2D eigenvalue weighted by molar-refractivity contribution is 6.00. The summed E-state index contributed by atoms with van der Waals surface area (Å²) in [7, 11) is 1.64. The van der Waals surface area contributed by atoms with Gasteiger partial charge in [-0.05, 0) is 61.2 Å². The fraction of sp³-hybridized carbons (Fsp3) is 0.250. The number of hydrogen-bond donors (Lipinski definition) is 2. The minimum Gasteiger partial charge on any atom is -0.497 e. The number of benzene rings is 2. The molecule has 1 aliphatic carbocycles. The van der Waals surface area contributed by atoms with Crippen molar-refractivity contribution in [1.82, 2.24) is 10.3 Å². The summed E-state index contributed by atoms with van der Waals surface area (Å²) in [6.07, 6.45) is 3.51. The number of carbonyl (C=O) groups is 1. The van der Waals surface area contributed by atoms with Crippen LogP contribution in [0.1, 0.15) is 40.1 Å². The third-order valence-corrected chi connectivity index (χ3v) is 5.91. The number of nitrogens with one attached hydrogen (secondary N) is 1. The van der Waals surface area contributed by atoms with Crippen LogP contribution in [0.2, 0.25) is 0 Å². The van der Waals surface area contributed by atoms with E-state index in [1.54, 1.807) is 19.4 Å². The van der Waals surface area contributed by atoms with Crippen molar-refractivity contribution < 1.29 is 13.9 Å². The van der Waals surface area contributed by atoms with E-state index in [4.69, 9.17) is 14.9 Å². The number of fused-ring (bicyclic) bond motifs is 2. The average Bonchev–Trinajstić information content (AvgIpc) is 3.42. The van der Waals surface area contributed by atoms with Crippen molar-refractivity contribution in [3.8, 4) is 5.75 Å². The van der Waals surface area contributed by atoms with Gasteiger partial charge in [0.15, 0.2) is 0 Å². The van der Waals surface area contributed by atoms with E-state index >= 15 is 0 Å². The molecule has 3 N–H and O–H groups in total. The Morgan fingerprint density at radius 2 is 2.10 bits per heavy atom. The first-order chi connectivity index (χ1) is 14.5. The number of pyridine rings is 1. The molecule has 0 bridgehead atoms. The Morgan fingerprint density at radius 3 is 2.83 bits per heavy atom. The van der Waals surface area contributed by atoms with Gasteiger partial charge in [0.2, 0.25) is 0 Å². The fourth-order valence-electron chi connectivity index (χ4n) is 4.14. The lowest BCUT2D eigenvalue weighted by Crippen LogP contribution is -2.35. The van der Waals surface area contributed by atoms with Crippen LogP contribution < -0.4 is 15.8 Å². The second kappa shape index (κ2) is 6.85. The van der Waals surface area contributed by atoms with Crippen LogP contribution in [0, 0.1) is 6.92 Å². The van der Waals surface area contributed by atoms with Crippen molar-refractivity contribution in [2.45, 2.75) is 31.8 Å². The van der Waals surface area contributed by atoms with Gasteiger partial charge in [0.1, 0.15) is 17.1 Å². The minimum absolute atomic E-state index is 0.113. The molecule has 0 aliphatic heterocycles. The van der Waals surface area contributed by atoms with Crippen molar-refractivity contribution in [2.24, 2.45) is 5.73 Å². The number of aromatic nitrogens is 1. The van der Waals surface area contributed by atoms with Crippen molar-refractivity contribution >= 4 is 27.8 Å². The third-order valence-electron chi connectivity index (χ3n) is 5.91. The number of hydrogen-bond acceptors (Lipinski definition) is 5. The first-order valence-electron chi connectivity index (χ1n) is 10.0. The Kier molecular flexibility index (Phi) is 4.25. The van der Waals surface area contributed by atoms with Crippen molar-refractivity contribution in [2.75, 3.05) is 7.11 Å². The van der Waals surface area contributed by atoms with Gasteiger partial charge in [-0.1, -0.05) is 6.07 Å². The molecule has 1 amide bonds. The lowest BCUT2D eigenvalue weighted by Gasteiger charge is -2.21. The van der Waals surface area contributed by atoms with Crippen LogP contribution in [0.5, 0.6) is 5.75 Å². The molecular weight excluding hydrogens is 378 g/mol. The molecule has 1 fully saturated rings. The van der Waals surface area contributed by atoms with Crippen LogP contribution in [-0.2, 0) is 12.1 Å². The Balaban J connectivity index is 1.53. The maximum atomic E-state index is 13.3. The number of aryl methyl sites for hydroxylation is 1. The zero-order valence-corrected chi connectivity index (χ0v) is 17.0. The number of nitrogens with two attached hydrogens (primary N) is 1. The summed E-state index contributed by atoms with van der Waals surface area (Å²) in [5.41, 5.74) is 9.35. The van der Waals surface area contributed by atoms with Crippen LogP contribution in [-0.4, -0.2) is 18.0 Å². The topological polar surface area (TPSA) is 90.4 Å². The highest BCUT2D eigenvalue weighted by Crippen LogP contribution is 2.49. The summed E-state index contributed by atoms with van der Waals surface area (Å²) in [6.45, 7) is 2.27. The monoisotopic (exact) mass is 401 g/mol. The molecule has 0 radical (unpaired) electrons. The van der Waals surface area contributed by atoms with Gasteiger partial charge in [-0.25, -0.2) is 0 Å². The molecule has 2 heterocycles. The molecule has 2 aromatic heterocycles. The Morgan fingerprint density at radius 1 is 1.27 bits per heavy atom. The molecule has 6 nitrogen and oxygen atoms in total. The van der Waals surface area contributed by atoms with Crippen LogP contribution >= 0.6 is 0 Å². The summed E-state index contributed by atoms with van der Waals surface area (Å²) < 4.78 is 11.2. The molecule has 1 aliphatic rings. The van der Waals surface area contributed by atoms with Crippen molar-refractivity contribution in [3.63, 3.8) is 0 Å². The van der Waals surface area contributed by atoms with Crippen LogP contribution in [0.3, 0.4) is 0 Å². The number of nitrogens with zero attached hydrogens (tertiary/aromatic N) is 1. The van der Waals surface area contributed by atoms with Gasteiger partial charge in [-0.2, -0.15) is 0 Å². The predicted molar refractivity (Wildman–Crippen MR) is 116 cm³/mol. The first-order valence-corrected chi connectivity index (χ1v) is 10.0. The smallest absolute Gasteiger partial charge is 0.252 e. The molecule has 5 rings (SSSR count). The highest BCUT2D eigenvalue weighted by atomic mass is 16.5. The van der Waals surface area contributed by atoms with E-state index in [-0.39, 0.29) is 5.91 Å². The molecular formula is C24H23N3O3. The zero-order chi connectivity index (χ0) is 20.9. The molecule has 1 saturated carbocycles. The molecule has 6 heteroatoms. The Bertz CT molecular complexity index is 1290. The number of ether oxygens (including phenoxy) is 1. The van der Waals surface area contributed by atoms with E-state index in [0.29, 0.717) is 23.5 Å². The van der Waals surface area contributed by atoms with Gasteiger partial charge in [0, 0.05) is 28.6 Å². The van der Waals surface area contributed by atoms with E-state index in [1.165, 1.54) is 0 Å². The second-order valence-electron chi connectivity index (χ2n) is 7.90. The molecule has 152 valence electrons. The zero-order valence-electron chi connectivity index (χ0n) is 17.0. The third kappa shape index (κ3) is 3.00. The van der Waals surface area contributed by atoms with Gasteiger partial charge < -0.3 is 20.2 Å². The summed E-state index contributed by atoms with van der Waals surface area (Å²) in [6, 6.07) is 13.6. The van der Waals surface area contributed by atoms with Gasteiger partial charge >= 0.3 is 0 Å². The van der Waals surface area contributed by atoms with Gasteiger partial charge in [0.25, 0.3) is 5.91 Å². The van der Waals surface area contributed by atoms with Gasteiger partial charge in [-0.15, -0.1) is 0 Å². The van der Waals surface area contributed by atoms with Crippen molar-refractivity contribution in [3.05, 3.63) is 71.1 Å².